The summed E-state index contributed by atoms with van der Waals surface area (Å²) in [6.07, 6.45) is 1.57. The molecule has 0 radical (unpaired) electrons. The number of carbonyl (C=O) groups excluding carboxylic acids is 1. The lowest BCUT2D eigenvalue weighted by Crippen LogP contribution is -2.51. The Hall–Kier alpha value is -1.03. The summed E-state index contributed by atoms with van der Waals surface area (Å²) in [5.74, 6) is 0.0763. The first-order valence-electron chi connectivity index (χ1n) is 4.34. The van der Waals surface area contributed by atoms with E-state index in [-0.39, 0.29) is 17.5 Å². The van der Waals surface area contributed by atoms with Gasteiger partial charge in [-0.2, -0.15) is 0 Å². The van der Waals surface area contributed by atoms with Crippen molar-refractivity contribution in [3.63, 3.8) is 0 Å². The number of nitrogens with zero attached hydrogens (tertiary/aromatic N) is 1. The number of hydrogen-bond acceptors (Lipinski definition) is 3. The minimum atomic E-state index is -0.208. The highest BCUT2D eigenvalue weighted by Crippen LogP contribution is 2.21. The van der Waals surface area contributed by atoms with E-state index in [1.165, 1.54) is 0 Å². The minimum Gasteiger partial charge on any atom is -0.379 e. The van der Waals surface area contributed by atoms with Gasteiger partial charge in [0.25, 0.3) is 0 Å². The minimum absolute atomic E-state index is 0.0763. The first kappa shape index (κ1) is 10.1. The van der Waals surface area contributed by atoms with E-state index in [1.54, 1.807) is 25.2 Å². The molecule has 2 atom stereocenters. The smallest absolute Gasteiger partial charge is 0.246 e. The van der Waals surface area contributed by atoms with E-state index in [4.69, 9.17) is 0 Å². The van der Waals surface area contributed by atoms with Gasteiger partial charge in [-0.15, -0.1) is 0 Å². The average Bonchev–Trinajstić information content (AvgIpc) is 2.79. The summed E-state index contributed by atoms with van der Waals surface area (Å²) in [5, 5.41) is 6.15. The molecule has 0 bridgehead atoms. The lowest BCUT2D eigenvalue weighted by atomic mass is 10.0. The Morgan fingerprint density at radius 2 is 2.31 bits per heavy atom. The highest BCUT2D eigenvalue weighted by Gasteiger charge is 2.48. The van der Waals surface area contributed by atoms with E-state index >= 15 is 0 Å². The Bertz CT molecular complexity index is 221. The molecule has 1 heterocycles. The van der Waals surface area contributed by atoms with Crippen LogP contribution in [0, 0.1) is 0 Å². The number of likely N-dealkylation sites (N-methyl/N-ethyl adjacent to an activating group) is 1. The van der Waals surface area contributed by atoms with E-state index in [0.717, 1.165) is 6.54 Å². The van der Waals surface area contributed by atoms with Crippen molar-refractivity contribution in [2.75, 3.05) is 20.6 Å². The highest BCUT2D eigenvalue weighted by atomic mass is 16.2. The molecular formula is C9H17N3O. The summed E-state index contributed by atoms with van der Waals surface area (Å²) in [6, 6.07) is -0.208. The topological polar surface area (TPSA) is 54.3 Å². The lowest BCUT2D eigenvalue weighted by molar-refractivity contribution is -0.131. The fourth-order valence-electron chi connectivity index (χ4n) is 1.25. The Kier molecular flexibility index (Phi) is 2.61. The largest absolute Gasteiger partial charge is 0.379 e. The van der Waals surface area contributed by atoms with E-state index in [1.807, 2.05) is 6.92 Å². The summed E-state index contributed by atoms with van der Waals surface area (Å²) in [7, 11) is 3.51. The lowest BCUT2D eigenvalue weighted by Gasteiger charge is -2.24. The monoisotopic (exact) mass is 183 g/mol. The molecule has 4 heteroatoms. The molecule has 1 amide bonds. The van der Waals surface area contributed by atoms with Crippen molar-refractivity contribution in [1.29, 1.82) is 0 Å². The van der Waals surface area contributed by atoms with E-state index in [0.29, 0.717) is 0 Å². The Morgan fingerprint density at radius 1 is 1.77 bits per heavy atom. The van der Waals surface area contributed by atoms with Gasteiger partial charge in [-0.3, -0.25) is 4.79 Å². The van der Waals surface area contributed by atoms with E-state index in [9.17, 15) is 4.79 Å². The maximum absolute atomic E-state index is 11.7. The quantitative estimate of drug-likeness (QED) is 0.580. The molecule has 1 rings (SSSR count). The third kappa shape index (κ3) is 2.01. The van der Waals surface area contributed by atoms with Crippen LogP contribution in [0.5, 0.6) is 0 Å². The molecule has 0 aromatic heterocycles. The van der Waals surface area contributed by atoms with Crippen LogP contribution in [-0.2, 0) is 4.79 Å². The second-order valence-electron chi connectivity index (χ2n) is 3.81. The van der Waals surface area contributed by atoms with Gasteiger partial charge in [-0.05, 0) is 13.1 Å². The Labute approximate surface area is 79.0 Å². The highest BCUT2D eigenvalue weighted by molar-refractivity contribution is 5.83. The third-order valence-corrected chi connectivity index (χ3v) is 2.34. The van der Waals surface area contributed by atoms with Gasteiger partial charge in [0.05, 0.1) is 5.54 Å². The fraction of sp³-hybridized carbons (Fsp3) is 0.667. The molecular weight excluding hydrogens is 166 g/mol. The van der Waals surface area contributed by atoms with E-state index in [2.05, 4.69) is 17.2 Å². The van der Waals surface area contributed by atoms with Crippen molar-refractivity contribution in [2.24, 2.45) is 0 Å². The van der Waals surface area contributed by atoms with Gasteiger partial charge >= 0.3 is 0 Å². The second-order valence-corrected chi connectivity index (χ2v) is 3.81. The van der Waals surface area contributed by atoms with Crippen LogP contribution in [-0.4, -0.2) is 43.0 Å². The second kappa shape index (κ2) is 3.38. The predicted octanol–water partition coefficient (Wildman–Crippen LogP) is -0.462. The molecule has 2 N–H and O–H groups in total. The molecule has 0 saturated carbocycles. The molecule has 4 nitrogen and oxygen atoms in total. The molecule has 1 fully saturated rings. The van der Waals surface area contributed by atoms with Crippen molar-refractivity contribution >= 4 is 5.91 Å². The maximum Gasteiger partial charge on any atom is 0.246 e. The van der Waals surface area contributed by atoms with Gasteiger partial charge in [-0.25, -0.2) is 0 Å². The Balaban J connectivity index is 2.67. The van der Waals surface area contributed by atoms with Crippen LogP contribution in [0.25, 0.3) is 0 Å². The summed E-state index contributed by atoms with van der Waals surface area (Å²) < 4.78 is 0. The van der Waals surface area contributed by atoms with Crippen LogP contribution in [0.1, 0.15) is 6.92 Å². The van der Waals surface area contributed by atoms with Crippen LogP contribution >= 0.6 is 0 Å². The van der Waals surface area contributed by atoms with Gasteiger partial charge in [0.15, 0.2) is 0 Å². The van der Waals surface area contributed by atoms with Gasteiger partial charge in [0.2, 0.25) is 5.91 Å². The number of amides is 1. The van der Waals surface area contributed by atoms with Crippen molar-refractivity contribution in [2.45, 2.75) is 18.5 Å². The molecule has 0 aromatic rings. The molecule has 1 aliphatic heterocycles. The average molecular weight is 183 g/mol. The zero-order chi connectivity index (χ0) is 10.1. The van der Waals surface area contributed by atoms with Gasteiger partial charge < -0.3 is 15.5 Å². The van der Waals surface area contributed by atoms with Crippen LogP contribution in [0.3, 0.4) is 0 Å². The molecule has 13 heavy (non-hydrogen) atoms. The van der Waals surface area contributed by atoms with Crippen molar-refractivity contribution < 1.29 is 4.79 Å². The number of nitrogens with one attached hydrogen (secondary N) is 2. The third-order valence-electron chi connectivity index (χ3n) is 2.34. The molecule has 1 aliphatic rings. The van der Waals surface area contributed by atoms with Crippen molar-refractivity contribution in [3.05, 3.63) is 12.8 Å². The zero-order valence-corrected chi connectivity index (χ0v) is 8.42. The van der Waals surface area contributed by atoms with E-state index < -0.39 is 0 Å². The first-order chi connectivity index (χ1) is 6.01. The molecule has 1 unspecified atom stereocenters. The summed E-state index contributed by atoms with van der Waals surface area (Å²) in [6.45, 7) is 6.47. The Morgan fingerprint density at radius 3 is 2.62 bits per heavy atom. The van der Waals surface area contributed by atoms with Gasteiger partial charge in [-0.1, -0.05) is 6.58 Å². The standard InChI is InChI=1S/C9H17N3O/c1-5-10-7(8(13)12(3)4)9(2)6-11-9/h5,7,10-11H,1,6H2,2-4H3/t7?,9-/m0/s1. The number of hydrogen-bond donors (Lipinski definition) is 2. The summed E-state index contributed by atoms with van der Waals surface area (Å²) in [4.78, 5) is 13.3. The molecule has 74 valence electrons. The summed E-state index contributed by atoms with van der Waals surface area (Å²) >= 11 is 0. The SMILES string of the molecule is C=CNC(C(=O)N(C)C)[C@]1(C)CN1. The fourth-order valence-corrected chi connectivity index (χ4v) is 1.25. The zero-order valence-electron chi connectivity index (χ0n) is 8.42. The molecule has 0 spiro atoms. The molecule has 0 aromatic carbocycles. The summed E-state index contributed by atoms with van der Waals surface area (Å²) in [5.41, 5.74) is -0.102. The molecule has 0 aliphatic carbocycles. The van der Waals surface area contributed by atoms with Crippen molar-refractivity contribution in [1.82, 2.24) is 15.5 Å². The van der Waals surface area contributed by atoms with Crippen molar-refractivity contribution in [3.8, 4) is 0 Å². The van der Waals surface area contributed by atoms with Crippen LogP contribution in [0.15, 0.2) is 12.8 Å². The normalized spacial score (nSPS) is 27.6. The van der Waals surface area contributed by atoms with Gasteiger partial charge in [0, 0.05) is 20.6 Å². The van der Waals surface area contributed by atoms with Gasteiger partial charge in [0.1, 0.15) is 6.04 Å². The number of rotatable bonds is 4. The maximum atomic E-state index is 11.7. The van der Waals surface area contributed by atoms with Crippen LogP contribution in [0.4, 0.5) is 0 Å². The van der Waals surface area contributed by atoms with Crippen LogP contribution in [0.2, 0.25) is 0 Å². The molecule has 1 saturated heterocycles. The number of carbonyl (C=O) groups is 1. The van der Waals surface area contributed by atoms with Crippen LogP contribution < -0.4 is 10.6 Å². The predicted molar refractivity (Wildman–Crippen MR) is 52.2 cm³/mol. The first-order valence-corrected chi connectivity index (χ1v) is 4.34.